The molecule has 0 bridgehead atoms. The minimum Gasteiger partial charge on any atom is -0.354 e. The van der Waals surface area contributed by atoms with Crippen LogP contribution in [-0.4, -0.2) is 66.7 Å². The predicted octanol–water partition coefficient (Wildman–Crippen LogP) is 1.51. The number of hydrogen-bond donors (Lipinski definition) is 2. The molecular weight excluding hydrogens is 266 g/mol. The summed E-state index contributed by atoms with van der Waals surface area (Å²) in [6.07, 6.45) is 1.05. The largest absolute Gasteiger partial charge is 0.354 e. The summed E-state index contributed by atoms with van der Waals surface area (Å²) in [6.45, 7) is 9.11. The molecule has 0 amide bonds. The monoisotopic (exact) mass is 295 g/mol. The van der Waals surface area contributed by atoms with E-state index in [0.29, 0.717) is 23.9 Å². The fourth-order valence-electron chi connectivity index (χ4n) is 1.67. The molecule has 120 valence electrons. The Hall–Kier alpha value is -1.63. The van der Waals surface area contributed by atoms with Crippen LogP contribution in [0.25, 0.3) is 0 Å². The van der Waals surface area contributed by atoms with Crippen LogP contribution in [0.3, 0.4) is 0 Å². The molecule has 0 aliphatic heterocycles. The summed E-state index contributed by atoms with van der Waals surface area (Å²) in [5.41, 5.74) is 0. The maximum atomic E-state index is 4.41. The van der Waals surface area contributed by atoms with Gasteiger partial charge in [-0.15, -0.1) is 0 Å². The zero-order valence-electron chi connectivity index (χ0n) is 14.1. The lowest BCUT2D eigenvalue weighted by Gasteiger charge is -2.20. The van der Waals surface area contributed by atoms with Gasteiger partial charge in [-0.05, 0) is 40.8 Å². The molecule has 0 atom stereocenters. The normalized spacial score (nSPS) is 11.0. The standard InChI is InChI=1S/C14H29N7/c1-7-15-12-17-13(19-14(18-12)20(4)5)16-9-8-10-21(6)11(2)3/h11H,7-10H2,1-6H3,(H2,15,16,17,18,19). The van der Waals surface area contributed by atoms with Crippen molar-refractivity contribution in [1.29, 1.82) is 0 Å². The van der Waals surface area contributed by atoms with Gasteiger partial charge in [0.05, 0.1) is 0 Å². The molecule has 0 aliphatic carbocycles. The first-order valence-corrected chi connectivity index (χ1v) is 7.55. The van der Waals surface area contributed by atoms with Gasteiger partial charge in [-0.25, -0.2) is 0 Å². The lowest BCUT2D eigenvalue weighted by molar-refractivity contribution is 0.273. The van der Waals surface area contributed by atoms with Gasteiger partial charge in [0, 0.05) is 33.2 Å². The summed E-state index contributed by atoms with van der Waals surface area (Å²) in [7, 11) is 5.99. The highest BCUT2D eigenvalue weighted by Gasteiger charge is 2.07. The molecule has 0 unspecified atom stereocenters. The highest BCUT2D eigenvalue weighted by atomic mass is 15.3. The topological polar surface area (TPSA) is 69.2 Å². The highest BCUT2D eigenvalue weighted by molar-refractivity contribution is 5.42. The summed E-state index contributed by atoms with van der Waals surface area (Å²) in [5, 5.41) is 6.41. The Morgan fingerprint density at radius 3 is 2.14 bits per heavy atom. The first-order chi connectivity index (χ1) is 9.93. The third-order valence-electron chi connectivity index (χ3n) is 3.21. The molecule has 0 aromatic carbocycles. The zero-order valence-corrected chi connectivity index (χ0v) is 14.1. The molecule has 7 nitrogen and oxygen atoms in total. The molecule has 7 heteroatoms. The smallest absolute Gasteiger partial charge is 0.231 e. The third kappa shape index (κ3) is 6.12. The summed E-state index contributed by atoms with van der Waals surface area (Å²) in [4.78, 5) is 17.3. The van der Waals surface area contributed by atoms with E-state index in [2.05, 4.69) is 51.4 Å². The number of nitrogens with one attached hydrogen (secondary N) is 2. The molecule has 2 N–H and O–H groups in total. The minimum atomic E-state index is 0.572. The number of rotatable bonds is 9. The van der Waals surface area contributed by atoms with Crippen molar-refractivity contribution in [2.75, 3.05) is 56.3 Å². The first-order valence-electron chi connectivity index (χ1n) is 7.55. The van der Waals surface area contributed by atoms with Crippen molar-refractivity contribution >= 4 is 17.8 Å². The van der Waals surface area contributed by atoms with Crippen LogP contribution in [0, 0.1) is 0 Å². The Morgan fingerprint density at radius 2 is 1.62 bits per heavy atom. The van der Waals surface area contributed by atoms with Crippen molar-refractivity contribution in [3.05, 3.63) is 0 Å². The lowest BCUT2D eigenvalue weighted by atomic mass is 10.3. The molecule has 0 aliphatic rings. The number of nitrogens with zero attached hydrogens (tertiary/aromatic N) is 5. The average molecular weight is 295 g/mol. The zero-order chi connectivity index (χ0) is 15.8. The van der Waals surface area contributed by atoms with Crippen molar-refractivity contribution in [3.8, 4) is 0 Å². The van der Waals surface area contributed by atoms with Crippen LogP contribution in [0.2, 0.25) is 0 Å². The molecule has 0 fully saturated rings. The van der Waals surface area contributed by atoms with E-state index in [1.807, 2.05) is 25.9 Å². The van der Waals surface area contributed by atoms with E-state index < -0.39 is 0 Å². The molecule has 1 aromatic heterocycles. The van der Waals surface area contributed by atoms with E-state index in [1.54, 1.807) is 0 Å². The number of anilines is 3. The Bertz CT molecular complexity index is 420. The van der Waals surface area contributed by atoms with Crippen molar-refractivity contribution in [1.82, 2.24) is 19.9 Å². The quantitative estimate of drug-likeness (QED) is 0.669. The number of aromatic nitrogens is 3. The molecule has 1 heterocycles. The predicted molar refractivity (Wildman–Crippen MR) is 89.2 cm³/mol. The molecular formula is C14H29N7. The van der Waals surface area contributed by atoms with Crippen LogP contribution in [0.15, 0.2) is 0 Å². The van der Waals surface area contributed by atoms with Crippen LogP contribution < -0.4 is 15.5 Å². The highest BCUT2D eigenvalue weighted by Crippen LogP contribution is 2.11. The molecule has 0 saturated carbocycles. The van der Waals surface area contributed by atoms with Gasteiger partial charge in [0.25, 0.3) is 0 Å². The Balaban J connectivity index is 2.57. The molecule has 0 saturated heterocycles. The Morgan fingerprint density at radius 1 is 1.00 bits per heavy atom. The van der Waals surface area contributed by atoms with Crippen LogP contribution in [0.4, 0.5) is 17.8 Å². The van der Waals surface area contributed by atoms with Crippen LogP contribution in [0.5, 0.6) is 0 Å². The van der Waals surface area contributed by atoms with Crippen molar-refractivity contribution in [2.45, 2.75) is 33.2 Å². The molecule has 21 heavy (non-hydrogen) atoms. The van der Waals surface area contributed by atoms with Gasteiger partial charge in [-0.1, -0.05) is 0 Å². The summed E-state index contributed by atoms with van der Waals surface area (Å²) < 4.78 is 0. The second-order valence-corrected chi connectivity index (χ2v) is 5.56. The van der Waals surface area contributed by atoms with E-state index >= 15 is 0 Å². The van der Waals surface area contributed by atoms with Crippen LogP contribution >= 0.6 is 0 Å². The first kappa shape index (κ1) is 17.4. The SMILES string of the molecule is CCNc1nc(NCCCN(C)C(C)C)nc(N(C)C)n1. The van der Waals surface area contributed by atoms with Crippen LogP contribution in [-0.2, 0) is 0 Å². The fraction of sp³-hybridized carbons (Fsp3) is 0.786. The van der Waals surface area contributed by atoms with E-state index in [0.717, 1.165) is 26.1 Å². The van der Waals surface area contributed by atoms with Gasteiger partial charge in [0.1, 0.15) is 0 Å². The Labute approximate surface area is 128 Å². The second-order valence-electron chi connectivity index (χ2n) is 5.56. The molecule has 0 spiro atoms. The summed E-state index contributed by atoms with van der Waals surface area (Å²) in [6, 6.07) is 0.572. The average Bonchev–Trinajstić information content (AvgIpc) is 2.43. The van der Waals surface area contributed by atoms with Crippen LogP contribution in [0.1, 0.15) is 27.2 Å². The van der Waals surface area contributed by atoms with Gasteiger partial charge in [0.15, 0.2) is 0 Å². The molecule has 1 aromatic rings. The number of hydrogen-bond acceptors (Lipinski definition) is 7. The van der Waals surface area contributed by atoms with E-state index in [1.165, 1.54) is 0 Å². The Kier molecular flexibility index (Phi) is 7.14. The van der Waals surface area contributed by atoms with Gasteiger partial charge < -0.3 is 20.4 Å². The fourth-order valence-corrected chi connectivity index (χ4v) is 1.67. The third-order valence-corrected chi connectivity index (χ3v) is 3.21. The summed E-state index contributed by atoms with van der Waals surface area (Å²) >= 11 is 0. The van der Waals surface area contributed by atoms with Gasteiger partial charge in [-0.2, -0.15) is 15.0 Å². The lowest BCUT2D eigenvalue weighted by Crippen LogP contribution is -2.28. The maximum absolute atomic E-state index is 4.41. The maximum Gasteiger partial charge on any atom is 0.231 e. The van der Waals surface area contributed by atoms with E-state index in [4.69, 9.17) is 0 Å². The van der Waals surface area contributed by atoms with E-state index in [-0.39, 0.29) is 0 Å². The van der Waals surface area contributed by atoms with Gasteiger partial charge >= 0.3 is 0 Å². The second kappa shape index (κ2) is 8.61. The van der Waals surface area contributed by atoms with E-state index in [9.17, 15) is 0 Å². The van der Waals surface area contributed by atoms with Gasteiger partial charge in [-0.3, -0.25) is 0 Å². The van der Waals surface area contributed by atoms with Gasteiger partial charge in [0.2, 0.25) is 17.8 Å². The van der Waals surface area contributed by atoms with Crippen molar-refractivity contribution in [2.24, 2.45) is 0 Å². The van der Waals surface area contributed by atoms with Crippen molar-refractivity contribution in [3.63, 3.8) is 0 Å². The minimum absolute atomic E-state index is 0.572. The summed E-state index contributed by atoms with van der Waals surface area (Å²) in [5.74, 6) is 1.89. The van der Waals surface area contributed by atoms with Crippen molar-refractivity contribution < 1.29 is 0 Å². The molecule has 0 radical (unpaired) electrons. The molecule has 1 rings (SSSR count).